The molecule has 2 N–H and O–H groups in total. The molecule has 0 fully saturated rings. The van der Waals surface area contributed by atoms with E-state index in [0.717, 1.165) is 16.7 Å². The van der Waals surface area contributed by atoms with E-state index in [9.17, 15) is 4.79 Å². The number of carbonyl (C=O) groups excluding carboxylic acids is 1. The summed E-state index contributed by atoms with van der Waals surface area (Å²) in [6.45, 7) is 4.00. The first-order valence-electron chi connectivity index (χ1n) is 4.83. The molecule has 0 radical (unpaired) electrons. The van der Waals surface area contributed by atoms with Crippen LogP contribution in [0.1, 0.15) is 16.7 Å². The van der Waals surface area contributed by atoms with E-state index in [4.69, 9.17) is 10.5 Å². The van der Waals surface area contributed by atoms with Crippen LogP contribution < -0.4 is 5.73 Å². The topological polar surface area (TPSA) is 52.3 Å². The summed E-state index contributed by atoms with van der Waals surface area (Å²) in [5.41, 5.74) is 9.22. The molecular weight excluding hydrogens is 190 g/mol. The lowest BCUT2D eigenvalue weighted by Crippen LogP contribution is -2.05. The molecule has 15 heavy (non-hydrogen) atoms. The Labute approximate surface area is 88.5 Å². The highest BCUT2D eigenvalue weighted by molar-refractivity contribution is 6.24. The van der Waals surface area contributed by atoms with Gasteiger partial charge in [-0.1, -0.05) is 18.2 Å². The third-order valence-corrected chi connectivity index (χ3v) is 2.62. The smallest absolute Gasteiger partial charge is 0.206 e. The van der Waals surface area contributed by atoms with Crippen LogP contribution >= 0.6 is 0 Å². The van der Waals surface area contributed by atoms with Gasteiger partial charge in [0.1, 0.15) is 0 Å². The van der Waals surface area contributed by atoms with Crippen LogP contribution in [-0.4, -0.2) is 12.4 Å². The van der Waals surface area contributed by atoms with Crippen LogP contribution in [0.15, 0.2) is 24.1 Å². The minimum Gasteiger partial charge on any atom is -0.470 e. The number of benzene rings is 1. The number of ketones is 1. The van der Waals surface area contributed by atoms with Gasteiger partial charge in [-0.25, -0.2) is 0 Å². The van der Waals surface area contributed by atoms with Gasteiger partial charge in [-0.05, 0) is 30.5 Å². The van der Waals surface area contributed by atoms with Crippen molar-refractivity contribution >= 4 is 11.4 Å². The fourth-order valence-corrected chi connectivity index (χ4v) is 1.90. The van der Waals surface area contributed by atoms with Crippen molar-refractivity contribution in [3.05, 3.63) is 40.8 Å². The van der Waals surface area contributed by atoms with Crippen LogP contribution in [0.2, 0.25) is 0 Å². The van der Waals surface area contributed by atoms with Crippen molar-refractivity contribution in [3.8, 4) is 0 Å². The SMILES string of the molecule is Cc1cccc(C)c1C1=C(N)OCC1=O. The summed E-state index contributed by atoms with van der Waals surface area (Å²) in [6, 6.07) is 5.90. The molecule has 3 nitrogen and oxygen atoms in total. The van der Waals surface area contributed by atoms with Gasteiger partial charge >= 0.3 is 0 Å². The zero-order chi connectivity index (χ0) is 11.0. The molecule has 0 atom stereocenters. The highest BCUT2D eigenvalue weighted by Gasteiger charge is 2.26. The van der Waals surface area contributed by atoms with Gasteiger partial charge in [-0.2, -0.15) is 0 Å². The Morgan fingerprint density at radius 1 is 1.27 bits per heavy atom. The molecule has 0 saturated carbocycles. The van der Waals surface area contributed by atoms with E-state index in [0.29, 0.717) is 5.57 Å². The van der Waals surface area contributed by atoms with E-state index in [1.165, 1.54) is 0 Å². The zero-order valence-electron chi connectivity index (χ0n) is 8.83. The fourth-order valence-electron chi connectivity index (χ4n) is 1.90. The van der Waals surface area contributed by atoms with Crippen molar-refractivity contribution in [2.45, 2.75) is 13.8 Å². The number of rotatable bonds is 1. The standard InChI is InChI=1S/C12H13NO2/c1-7-4-3-5-8(2)10(7)11-9(14)6-15-12(11)13/h3-5H,6,13H2,1-2H3. The fraction of sp³-hybridized carbons (Fsp3) is 0.250. The monoisotopic (exact) mass is 203 g/mol. The van der Waals surface area contributed by atoms with Gasteiger partial charge in [0.25, 0.3) is 0 Å². The number of aryl methyl sites for hydroxylation is 2. The molecular formula is C12H13NO2. The van der Waals surface area contributed by atoms with Crippen LogP contribution in [0.4, 0.5) is 0 Å². The molecule has 1 aromatic carbocycles. The summed E-state index contributed by atoms with van der Waals surface area (Å²) < 4.78 is 5.05. The van der Waals surface area contributed by atoms with Gasteiger partial charge in [0, 0.05) is 0 Å². The summed E-state index contributed by atoms with van der Waals surface area (Å²) in [5.74, 6) is 0.210. The molecule has 1 aliphatic rings. The van der Waals surface area contributed by atoms with Crippen molar-refractivity contribution in [1.82, 2.24) is 0 Å². The lowest BCUT2D eigenvalue weighted by Gasteiger charge is -2.08. The normalized spacial score (nSPS) is 15.7. The molecule has 0 spiro atoms. The van der Waals surface area contributed by atoms with Crippen molar-refractivity contribution in [1.29, 1.82) is 0 Å². The van der Waals surface area contributed by atoms with E-state index in [1.54, 1.807) is 0 Å². The van der Waals surface area contributed by atoms with Crippen LogP contribution in [-0.2, 0) is 9.53 Å². The molecule has 1 aliphatic heterocycles. The Kier molecular flexibility index (Phi) is 2.23. The summed E-state index contributed by atoms with van der Waals surface area (Å²) >= 11 is 0. The van der Waals surface area contributed by atoms with Crippen LogP contribution in [0.5, 0.6) is 0 Å². The second kappa shape index (κ2) is 3.42. The predicted molar refractivity (Wildman–Crippen MR) is 58.0 cm³/mol. The van der Waals surface area contributed by atoms with Gasteiger partial charge in [-0.3, -0.25) is 4.79 Å². The lowest BCUT2D eigenvalue weighted by molar-refractivity contribution is -0.115. The number of hydrogen-bond donors (Lipinski definition) is 1. The minimum absolute atomic E-state index is 0.0371. The molecule has 3 heteroatoms. The first kappa shape index (κ1) is 9.77. The summed E-state index contributed by atoms with van der Waals surface area (Å²) in [7, 11) is 0. The molecule has 1 aromatic rings. The number of nitrogens with two attached hydrogens (primary N) is 1. The Hall–Kier alpha value is -1.77. The first-order valence-corrected chi connectivity index (χ1v) is 4.83. The van der Waals surface area contributed by atoms with Gasteiger partial charge in [0.05, 0.1) is 5.57 Å². The Balaban J connectivity index is 2.64. The Morgan fingerprint density at radius 3 is 2.33 bits per heavy atom. The van der Waals surface area contributed by atoms with Crippen molar-refractivity contribution < 1.29 is 9.53 Å². The van der Waals surface area contributed by atoms with Crippen LogP contribution in [0.25, 0.3) is 5.57 Å². The molecule has 78 valence electrons. The summed E-state index contributed by atoms with van der Waals surface area (Å²) in [5, 5.41) is 0. The predicted octanol–water partition coefficient (Wildman–Crippen LogP) is 1.53. The van der Waals surface area contributed by atoms with Crippen LogP contribution in [0, 0.1) is 13.8 Å². The largest absolute Gasteiger partial charge is 0.470 e. The third kappa shape index (κ3) is 1.50. The second-order valence-corrected chi connectivity index (χ2v) is 3.72. The molecule has 0 aromatic heterocycles. The lowest BCUT2D eigenvalue weighted by atomic mass is 9.94. The number of Topliss-reactive ketones (excluding diaryl/α,β-unsaturated/α-hetero) is 1. The average Bonchev–Trinajstić information content (AvgIpc) is 2.49. The third-order valence-electron chi connectivity index (χ3n) is 2.62. The van der Waals surface area contributed by atoms with Gasteiger partial charge < -0.3 is 10.5 Å². The van der Waals surface area contributed by atoms with E-state index in [2.05, 4.69) is 0 Å². The molecule has 0 saturated heterocycles. The molecule has 2 rings (SSSR count). The Morgan fingerprint density at radius 2 is 1.87 bits per heavy atom. The average molecular weight is 203 g/mol. The maximum atomic E-state index is 11.6. The van der Waals surface area contributed by atoms with Gasteiger partial charge in [0.15, 0.2) is 12.5 Å². The number of carbonyl (C=O) groups is 1. The second-order valence-electron chi connectivity index (χ2n) is 3.72. The highest BCUT2D eigenvalue weighted by Crippen LogP contribution is 2.28. The Bertz CT molecular complexity index is 440. The van der Waals surface area contributed by atoms with E-state index in [-0.39, 0.29) is 18.3 Å². The van der Waals surface area contributed by atoms with Crippen molar-refractivity contribution in [2.75, 3.05) is 6.61 Å². The molecule has 0 bridgehead atoms. The highest BCUT2D eigenvalue weighted by atomic mass is 16.5. The van der Waals surface area contributed by atoms with E-state index >= 15 is 0 Å². The molecule has 0 aliphatic carbocycles. The first-order chi connectivity index (χ1) is 7.11. The zero-order valence-corrected chi connectivity index (χ0v) is 8.83. The minimum atomic E-state index is -0.0371. The summed E-state index contributed by atoms with van der Waals surface area (Å²) in [6.07, 6.45) is 0. The quantitative estimate of drug-likeness (QED) is 0.753. The van der Waals surface area contributed by atoms with Gasteiger partial charge in [0.2, 0.25) is 5.78 Å². The van der Waals surface area contributed by atoms with Crippen LogP contribution in [0.3, 0.4) is 0 Å². The number of ether oxygens (including phenoxy) is 1. The maximum absolute atomic E-state index is 11.6. The molecule has 0 amide bonds. The summed E-state index contributed by atoms with van der Waals surface area (Å²) in [4.78, 5) is 11.6. The maximum Gasteiger partial charge on any atom is 0.206 e. The van der Waals surface area contributed by atoms with Crippen molar-refractivity contribution in [2.24, 2.45) is 5.73 Å². The molecule has 1 heterocycles. The van der Waals surface area contributed by atoms with E-state index < -0.39 is 0 Å². The van der Waals surface area contributed by atoms with Gasteiger partial charge in [-0.15, -0.1) is 0 Å². The molecule has 0 unspecified atom stereocenters. The number of hydrogen-bond acceptors (Lipinski definition) is 3. The van der Waals surface area contributed by atoms with Crippen molar-refractivity contribution in [3.63, 3.8) is 0 Å². The van der Waals surface area contributed by atoms with E-state index in [1.807, 2.05) is 32.0 Å².